The fourth-order valence-electron chi connectivity index (χ4n) is 1.33. The number of nitrogens with zero attached hydrogens (tertiary/aromatic N) is 1. The number of benzene rings is 1. The second kappa shape index (κ2) is 3.33. The number of fused-ring (bicyclic) bond motifs is 1. The van der Waals surface area contributed by atoms with Crippen molar-refractivity contribution >= 4 is 22.6 Å². The van der Waals surface area contributed by atoms with E-state index in [4.69, 9.17) is 5.11 Å². The van der Waals surface area contributed by atoms with Gasteiger partial charge in [-0.05, 0) is 0 Å². The molecule has 1 aromatic carbocycles. The van der Waals surface area contributed by atoms with E-state index in [1.165, 1.54) is 6.20 Å². The Morgan fingerprint density at radius 1 is 1.29 bits per heavy atom. The summed E-state index contributed by atoms with van der Waals surface area (Å²) in [4.78, 5) is 14.4. The lowest BCUT2D eigenvalue weighted by Gasteiger charge is -2.04. The molecule has 2 N–H and O–H groups in total. The molecule has 1 aromatic heterocycles. The van der Waals surface area contributed by atoms with Crippen molar-refractivity contribution < 1.29 is 9.90 Å². The van der Waals surface area contributed by atoms with Gasteiger partial charge >= 0.3 is 6.09 Å². The molecule has 2 rings (SSSR count). The second-order valence-electron chi connectivity index (χ2n) is 2.84. The normalized spacial score (nSPS) is 10.0. The van der Waals surface area contributed by atoms with Crippen LogP contribution < -0.4 is 5.32 Å². The van der Waals surface area contributed by atoms with Crippen molar-refractivity contribution in [3.05, 3.63) is 36.7 Å². The lowest BCUT2D eigenvalue weighted by molar-refractivity contribution is 0.210. The third-order valence-corrected chi connectivity index (χ3v) is 1.91. The molecule has 4 heteroatoms. The topological polar surface area (TPSA) is 62.2 Å². The minimum absolute atomic E-state index is 0.510. The fourth-order valence-corrected chi connectivity index (χ4v) is 1.33. The highest BCUT2D eigenvalue weighted by Gasteiger charge is 2.02. The standard InChI is InChI=1S/C10H8N2O2/c13-10(14)12-9-6-11-5-7-3-1-2-4-8(7)9/h1-6,12H,(H,13,14). The first-order valence-electron chi connectivity index (χ1n) is 4.10. The lowest BCUT2D eigenvalue weighted by atomic mass is 10.1. The Bertz CT molecular complexity index is 477. The van der Waals surface area contributed by atoms with Crippen molar-refractivity contribution in [2.45, 2.75) is 0 Å². The van der Waals surface area contributed by atoms with E-state index in [2.05, 4.69) is 10.3 Å². The maximum Gasteiger partial charge on any atom is 0.409 e. The Hall–Kier alpha value is -2.10. The zero-order valence-electron chi connectivity index (χ0n) is 7.27. The van der Waals surface area contributed by atoms with Gasteiger partial charge in [0.2, 0.25) is 0 Å². The summed E-state index contributed by atoms with van der Waals surface area (Å²) >= 11 is 0. The van der Waals surface area contributed by atoms with E-state index in [0.717, 1.165) is 10.8 Å². The number of amides is 1. The zero-order valence-corrected chi connectivity index (χ0v) is 7.27. The Labute approximate surface area is 80.2 Å². The van der Waals surface area contributed by atoms with Crippen LogP contribution >= 0.6 is 0 Å². The van der Waals surface area contributed by atoms with E-state index < -0.39 is 6.09 Å². The van der Waals surface area contributed by atoms with E-state index in [0.29, 0.717) is 5.69 Å². The van der Waals surface area contributed by atoms with Crippen LogP contribution in [0.3, 0.4) is 0 Å². The van der Waals surface area contributed by atoms with Gasteiger partial charge < -0.3 is 5.11 Å². The maximum atomic E-state index is 10.5. The first-order valence-corrected chi connectivity index (χ1v) is 4.10. The number of hydrogen-bond acceptors (Lipinski definition) is 2. The molecule has 0 aliphatic carbocycles. The zero-order chi connectivity index (χ0) is 9.97. The summed E-state index contributed by atoms with van der Waals surface area (Å²) in [6.07, 6.45) is 2.11. The molecule has 0 aliphatic rings. The molecule has 70 valence electrons. The molecule has 0 radical (unpaired) electrons. The third kappa shape index (κ3) is 1.50. The second-order valence-corrected chi connectivity index (χ2v) is 2.84. The third-order valence-electron chi connectivity index (χ3n) is 1.91. The van der Waals surface area contributed by atoms with Gasteiger partial charge in [-0.2, -0.15) is 0 Å². The highest BCUT2D eigenvalue weighted by atomic mass is 16.4. The number of hydrogen-bond donors (Lipinski definition) is 2. The van der Waals surface area contributed by atoms with Crippen molar-refractivity contribution in [2.75, 3.05) is 5.32 Å². The van der Waals surface area contributed by atoms with Gasteiger partial charge in [0, 0.05) is 17.0 Å². The molecule has 2 aromatic rings. The van der Waals surface area contributed by atoms with E-state index >= 15 is 0 Å². The summed E-state index contributed by atoms with van der Waals surface area (Å²) < 4.78 is 0. The Kier molecular flexibility index (Phi) is 2.02. The van der Waals surface area contributed by atoms with Crippen LogP contribution in [0.1, 0.15) is 0 Å². The molecular weight excluding hydrogens is 180 g/mol. The number of anilines is 1. The Balaban J connectivity index is 2.59. The molecule has 0 saturated carbocycles. The van der Waals surface area contributed by atoms with Crippen molar-refractivity contribution in [2.24, 2.45) is 0 Å². The quantitative estimate of drug-likeness (QED) is 0.721. The van der Waals surface area contributed by atoms with E-state index in [1.54, 1.807) is 6.20 Å². The number of rotatable bonds is 1. The molecule has 4 nitrogen and oxygen atoms in total. The Morgan fingerprint density at radius 3 is 2.86 bits per heavy atom. The van der Waals surface area contributed by atoms with E-state index in [1.807, 2.05) is 24.3 Å². The minimum Gasteiger partial charge on any atom is -0.465 e. The highest BCUT2D eigenvalue weighted by Crippen LogP contribution is 2.21. The van der Waals surface area contributed by atoms with Crippen LogP contribution in [0, 0.1) is 0 Å². The van der Waals surface area contributed by atoms with Gasteiger partial charge in [0.05, 0.1) is 11.9 Å². The van der Waals surface area contributed by atoms with Crippen molar-refractivity contribution in [1.29, 1.82) is 0 Å². The van der Waals surface area contributed by atoms with Crippen LogP contribution in [0.15, 0.2) is 36.7 Å². The van der Waals surface area contributed by atoms with Gasteiger partial charge in [-0.25, -0.2) is 4.79 Å². The van der Waals surface area contributed by atoms with Gasteiger partial charge in [-0.1, -0.05) is 24.3 Å². The van der Waals surface area contributed by atoms with Gasteiger partial charge in [-0.15, -0.1) is 0 Å². The van der Waals surface area contributed by atoms with Crippen LogP contribution in [0.4, 0.5) is 10.5 Å². The average molecular weight is 188 g/mol. The number of aromatic nitrogens is 1. The van der Waals surface area contributed by atoms with Gasteiger partial charge in [0.15, 0.2) is 0 Å². The first kappa shape index (κ1) is 8.50. The van der Waals surface area contributed by atoms with Crippen LogP contribution in [0.2, 0.25) is 0 Å². The SMILES string of the molecule is O=C(O)Nc1cncc2ccccc12. The summed E-state index contributed by atoms with van der Waals surface area (Å²) in [7, 11) is 0. The summed E-state index contributed by atoms with van der Waals surface area (Å²) in [6.45, 7) is 0. The van der Waals surface area contributed by atoms with Crippen molar-refractivity contribution in [3.63, 3.8) is 0 Å². The summed E-state index contributed by atoms with van der Waals surface area (Å²) in [5, 5.41) is 12.7. The lowest BCUT2D eigenvalue weighted by Crippen LogP contribution is -2.07. The molecule has 1 amide bonds. The van der Waals surface area contributed by atoms with Crippen LogP contribution in [0.5, 0.6) is 0 Å². The van der Waals surface area contributed by atoms with Gasteiger partial charge in [0.25, 0.3) is 0 Å². The molecule has 0 aliphatic heterocycles. The van der Waals surface area contributed by atoms with Crippen LogP contribution in [-0.2, 0) is 0 Å². The maximum absolute atomic E-state index is 10.5. The molecule has 14 heavy (non-hydrogen) atoms. The summed E-state index contributed by atoms with van der Waals surface area (Å²) in [5.74, 6) is 0. The van der Waals surface area contributed by atoms with E-state index in [9.17, 15) is 4.79 Å². The Morgan fingerprint density at radius 2 is 2.07 bits per heavy atom. The van der Waals surface area contributed by atoms with E-state index in [-0.39, 0.29) is 0 Å². The molecule has 0 atom stereocenters. The summed E-state index contributed by atoms with van der Waals surface area (Å²) in [5.41, 5.74) is 0.510. The van der Waals surface area contributed by atoms with Crippen LogP contribution in [-0.4, -0.2) is 16.2 Å². The molecule has 0 fully saturated rings. The fraction of sp³-hybridized carbons (Fsp3) is 0. The van der Waals surface area contributed by atoms with Crippen LogP contribution in [0.25, 0.3) is 10.8 Å². The minimum atomic E-state index is -1.08. The van der Waals surface area contributed by atoms with Gasteiger partial charge in [0.1, 0.15) is 0 Å². The molecule has 0 spiro atoms. The molecule has 0 unspecified atom stereocenters. The number of carboxylic acid groups (broad SMARTS) is 1. The predicted molar refractivity (Wildman–Crippen MR) is 53.4 cm³/mol. The van der Waals surface area contributed by atoms with Crippen molar-refractivity contribution in [1.82, 2.24) is 4.98 Å². The highest BCUT2D eigenvalue weighted by molar-refractivity contribution is 5.98. The molecule has 0 saturated heterocycles. The number of carbonyl (C=O) groups is 1. The average Bonchev–Trinajstić information content (AvgIpc) is 2.18. The predicted octanol–water partition coefficient (Wildman–Crippen LogP) is 2.32. The number of nitrogens with one attached hydrogen (secondary N) is 1. The monoisotopic (exact) mass is 188 g/mol. The largest absolute Gasteiger partial charge is 0.465 e. The van der Waals surface area contributed by atoms with Crippen molar-refractivity contribution in [3.8, 4) is 0 Å². The smallest absolute Gasteiger partial charge is 0.409 e. The molecule has 1 heterocycles. The summed E-state index contributed by atoms with van der Waals surface area (Å²) in [6, 6.07) is 7.47. The molecular formula is C10H8N2O2. The number of pyridine rings is 1. The first-order chi connectivity index (χ1) is 6.77. The molecule has 0 bridgehead atoms. The van der Waals surface area contributed by atoms with Gasteiger partial charge in [-0.3, -0.25) is 10.3 Å².